The van der Waals surface area contributed by atoms with Crippen molar-refractivity contribution in [3.05, 3.63) is 29.6 Å². The third-order valence-corrected chi connectivity index (χ3v) is 4.27. The molecule has 1 aromatic rings. The Morgan fingerprint density at radius 1 is 1.35 bits per heavy atom. The molecule has 20 heavy (non-hydrogen) atoms. The summed E-state index contributed by atoms with van der Waals surface area (Å²) in [6, 6.07) is 5.39. The first-order chi connectivity index (χ1) is 9.61. The minimum Gasteiger partial charge on any atom is -0.371 e. The lowest BCUT2D eigenvalue weighted by atomic mass is 9.91. The lowest BCUT2D eigenvalue weighted by molar-refractivity contribution is 0.378. The van der Waals surface area contributed by atoms with Gasteiger partial charge in [0.1, 0.15) is 5.82 Å². The zero-order valence-corrected chi connectivity index (χ0v) is 12.7. The van der Waals surface area contributed by atoms with Gasteiger partial charge in [0.25, 0.3) is 0 Å². The van der Waals surface area contributed by atoms with Crippen LogP contribution in [-0.4, -0.2) is 19.1 Å². The molecule has 1 unspecified atom stereocenters. The molecular weight excluding hydrogens is 251 g/mol. The first-order valence-electron chi connectivity index (χ1n) is 7.89. The highest BCUT2D eigenvalue weighted by atomic mass is 19.1. The smallest absolute Gasteiger partial charge is 0.128 e. The fourth-order valence-electron chi connectivity index (χ4n) is 3.24. The number of rotatable bonds is 5. The van der Waals surface area contributed by atoms with Gasteiger partial charge >= 0.3 is 0 Å². The maximum absolute atomic E-state index is 14.1. The summed E-state index contributed by atoms with van der Waals surface area (Å²) in [7, 11) is 0. The van der Waals surface area contributed by atoms with Crippen molar-refractivity contribution in [1.29, 1.82) is 0 Å². The van der Waals surface area contributed by atoms with Crippen LogP contribution in [0.5, 0.6) is 0 Å². The molecule has 1 atom stereocenters. The Hall–Kier alpha value is -1.09. The number of benzene rings is 1. The van der Waals surface area contributed by atoms with E-state index < -0.39 is 0 Å². The molecule has 1 aliphatic rings. The molecule has 1 fully saturated rings. The quantitative estimate of drug-likeness (QED) is 0.889. The minimum atomic E-state index is -0.115. The molecule has 0 amide bonds. The molecular formula is C17H27FN2. The zero-order valence-electron chi connectivity index (χ0n) is 12.7. The summed E-state index contributed by atoms with van der Waals surface area (Å²) in [6.45, 7) is 6.27. The van der Waals surface area contributed by atoms with Gasteiger partial charge in [0.15, 0.2) is 0 Å². The molecule has 2 N–H and O–H groups in total. The SMILES string of the molecule is CCCC1CCN(c2cccc(F)c2CC(C)N)CC1. The number of nitrogens with zero attached hydrogens (tertiary/aromatic N) is 1. The van der Waals surface area contributed by atoms with Crippen molar-refractivity contribution in [3.8, 4) is 0 Å². The molecule has 1 saturated heterocycles. The summed E-state index contributed by atoms with van der Waals surface area (Å²) in [5, 5.41) is 0. The maximum atomic E-state index is 14.1. The lowest BCUT2D eigenvalue weighted by Crippen LogP contribution is -2.35. The fourth-order valence-corrected chi connectivity index (χ4v) is 3.24. The van der Waals surface area contributed by atoms with Crippen LogP contribution in [-0.2, 0) is 6.42 Å². The molecule has 2 rings (SSSR count). The molecule has 3 heteroatoms. The van der Waals surface area contributed by atoms with Gasteiger partial charge in [-0.05, 0) is 44.2 Å². The van der Waals surface area contributed by atoms with Gasteiger partial charge in [-0.3, -0.25) is 0 Å². The molecule has 2 nitrogen and oxygen atoms in total. The Labute approximate surface area is 122 Å². The predicted octanol–water partition coefficient (Wildman–Crippen LogP) is 3.73. The van der Waals surface area contributed by atoms with Crippen molar-refractivity contribution in [2.75, 3.05) is 18.0 Å². The van der Waals surface area contributed by atoms with E-state index in [2.05, 4.69) is 11.8 Å². The molecule has 1 aliphatic heterocycles. The van der Waals surface area contributed by atoms with Crippen LogP contribution in [0, 0.1) is 11.7 Å². The van der Waals surface area contributed by atoms with E-state index in [0.29, 0.717) is 6.42 Å². The number of piperidine rings is 1. The van der Waals surface area contributed by atoms with Crippen LogP contribution in [0.3, 0.4) is 0 Å². The summed E-state index contributed by atoms with van der Waals surface area (Å²) in [5.41, 5.74) is 7.71. The molecule has 1 heterocycles. The predicted molar refractivity (Wildman–Crippen MR) is 83.6 cm³/mol. The van der Waals surface area contributed by atoms with Crippen molar-refractivity contribution in [1.82, 2.24) is 0 Å². The van der Waals surface area contributed by atoms with Gasteiger partial charge in [-0.2, -0.15) is 0 Å². The van der Waals surface area contributed by atoms with Gasteiger partial charge in [-0.25, -0.2) is 4.39 Å². The summed E-state index contributed by atoms with van der Waals surface area (Å²) in [5.74, 6) is 0.733. The van der Waals surface area contributed by atoms with Gasteiger partial charge in [0.05, 0.1) is 0 Å². The van der Waals surface area contributed by atoms with E-state index in [4.69, 9.17) is 5.73 Å². The summed E-state index contributed by atoms with van der Waals surface area (Å²) in [6.07, 6.45) is 5.64. The van der Waals surface area contributed by atoms with Crippen LogP contribution < -0.4 is 10.6 Å². The van der Waals surface area contributed by atoms with Crippen molar-refractivity contribution < 1.29 is 4.39 Å². The van der Waals surface area contributed by atoms with Crippen molar-refractivity contribution in [3.63, 3.8) is 0 Å². The second-order valence-electron chi connectivity index (χ2n) is 6.14. The normalized spacial score (nSPS) is 18.3. The highest BCUT2D eigenvalue weighted by Crippen LogP contribution is 2.30. The van der Waals surface area contributed by atoms with Gasteiger partial charge in [-0.1, -0.05) is 25.8 Å². The first kappa shape index (κ1) is 15.3. The van der Waals surface area contributed by atoms with E-state index in [1.54, 1.807) is 6.07 Å². The van der Waals surface area contributed by atoms with Crippen molar-refractivity contribution in [2.45, 2.75) is 52.0 Å². The van der Waals surface area contributed by atoms with Crippen molar-refractivity contribution in [2.24, 2.45) is 11.7 Å². The largest absolute Gasteiger partial charge is 0.371 e. The van der Waals surface area contributed by atoms with E-state index in [0.717, 1.165) is 30.3 Å². The highest BCUT2D eigenvalue weighted by Gasteiger charge is 2.22. The molecule has 0 saturated carbocycles. The summed E-state index contributed by atoms with van der Waals surface area (Å²) >= 11 is 0. The van der Waals surface area contributed by atoms with E-state index >= 15 is 0 Å². The Balaban J connectivity index is 2.11. The van der Waals surface area contributed by atoms with Crippen molar-refractivity contribution >= 4 is 5.69 Å². The van der Waals surface area contributed by atoms with Crippen LogP contribution >= 0.6 is 0 Å². The highest BCUT2D eigenvalue weighted by molar-refractivity contribution is 5.55. The van der Waals surface area contributed by atoms with Gasteiger partial charge in [0.2, 0.25) is 0 Å². The number of nitrogens with two attached hydrogens (primary N) is 1. The number of anilines is 1. The molecule has 0 radical (unpaired) electrons. The Morgan fingerprint density at radius 2 is 2.05 bits per heavy atom. The third-order valence-electron chi connectivity index (χ3n) is 4.27. The second-order valence-corrected chi connectivity index (χ2v) is 6.14. The standard InChI is InChI=1S/C17H27FN2/c1-3-5-14-8-10-20(11-9-14)17-7-4-6-16(18)15(17)12-13(2)19/h4,6-7,13-14H,3,5,8-12,19H2,1-2H3. The Kier molecular flexibility index (Phi) is 5.41. The van der Waals surface area contributed by atoms with E-state index in [-0.39, 0.29) is 11.9 Å². The van der Waals surface area contributed by atoms with E-state index in [9.17, 15) is 4.39 Å². The topological polar surface area (TPSA) is 29.3 Å². The monoisotopic (exact) mass is 278 g/mol. The van der Waals surface area contributed by atoms with Crippen LogP contribution in [0.25, 0.3) is 0 Å². The van der Waals surface area contributed by atoms with E-state index in [1.165, 1.54) is 25.7 Å². The van der Waals surface area contributed by atoms with Crippen LogP contribution in [0.15, 0.2) is 18.2 Å². The maximum Gasteiger partial charge on any atom is 0.128 e. The molecule has 0 spiro atoms. The molecule has 112 valence electrons. The van der Waals surface area contributed by atoms with Crippen LogP contribution in [0.1, 0.15) is 45.1 Å². The average molecular weight is 278 g/mol. The Bertz CT molecular complexity index is 423. The van der Waals surface area contributed by atoms with Gasteiger partial charge in [0, 0.05) is 30.4 Å². The van der Waals surface area contributed by atoms with Crippen LogP contribution in [0.2, 0.25) is 0 Å². The Morgan fingerprint density at radius 3 is 2.65 bits per heavy atom. The minimum absolute atomic E-state index is 0.0109. The first-order valence-corrected chi connectivity index (χ1v) is 7.89. The number of hydrogen-bond acceptors (Lipinski definition) is 2. The average Bonchev–Trinajstić information content (AvgIpc) is 2.42. The lowest BCUT2D eigenvalue weighted by Gasteiger charge is -2.35. The summed E-state index contributed by atoms with van der Waals surface area (Å²) in [4.78, 5) is 2.34. The third kappa shape index (κ3) is 3.72. The van der Waals surface area contributed by atoms with Crippen LogP contribution in [0.4, 0.5) is 10.1 Å². The molecule has 0 aromatic heterocycles. The number of hydrogen-bond donors (Lipinski definition) is 1. The zero-order chi connectivity index (χ0) is 14.5. The molecule has 0 bridgehead atoms. The van der Waals surface area contributed by atoms with Gasteiger partial charge in [-0.15, -0.1) is 0 Å². The van der Waals surface area contributed by atoms with E-state index in [1.807, 2.05) is 19.1 Å². The molecule has 1 aromatic carbocycles. The number of halogens is 1. The summed E-state index contributed by atoms with van der Waals surface area (Å²) < 4.78 is 14.1. The second kappa shape index (κ2) is 7.07. The fraction of sp³-hybridized carbons (Fsp3) is 0.647. The molecule has 0 aliphatic carbocycles. The van der Waals surface area contributed by atoms with Gasteiger partial charge < -0.3 is 10.6 Å².